The Kier molecular flexibility index (Phi) is 7.67. The second kappa shape index (κ2) is 10.8. The maximum absolute atomic E-state index is 13.3. The zero-order valence-corrected chi connectivity index (χ0v) is 21.5. The van der Waals surface area contributed by atoms with Crippen molar-refractivity contribution in [1.82, 2.24) is 4.90 Å². The number of hydrogen-bond acceptors (Lipinski definition) is 7. The number of nitrogens with zero attached hydrogens (tertiary/aromatic N) is 1. The second-order valence-corrected chi connectivity index (χ2v) is 10.7. The zero-order valence-electron chi connectivity index (χ0n) is 19.1. The molecular formula is C25H18ClFN2O6S2. The van der Waals surface area contributed by atoms with Gasteiger partial charge in [0, 0.05) is 23.2 Å². The van der Waals surface area contributed by atoms with Gasteiger partial charge in [-0.2, -0.15) is 8.42 Å². The van der Waals surface area contributed by atoms with E-state index in [4.69, 9.17) is 15.8 Å². The van der Waals surface area contributed by atoms with Crippen LogP contribution in [-0.2, 0) is 26.3 Å². The van der Waals surface area contributed by atoms with Crippen molar-refractivity contribution in [1.29, 1.82) is 0 Å². The summed E-state index contributed by atoms with van der Waals surface area (Å²) in [4.78, 5) is 37.5. The molecule has 1 heterocycles. The fourth-order valence-electron chi connectivity index (χ4n) is 3.35. The van der Waals surface area contributed by atoms with Gasteiger partial charge in [0.2, 0.25) is 5.91 Å². The first-order valence-electron chi connectivity index (χ1n) is 10.6. The molecule has 0 aliphatic carbocycles. The summed E-state index contributed by atoms with van der Waals surface area (Å²) < 4.78 is 44.4. The van der Waals surface area contributed by atoms with Gasteiger partial charge in [0.05, 0.1) is 11.4 Å². The van der Waals surface area contributed by atoms with E-state index in [0.29, 0.717) is 23.0 Å². The third-order valence-electron chi connectivity index (χ3n) is 5.09. The molecule has 0 aromatic heterocycles. The van der Waals surface area contributed by atoms with Gasteiger partial charge in [0.25, 0.3) is 11.1 Å². The number of benzene rings is 3. The summed E-state index contributed by atoms with van der Waals surface area (Å²) in [7, 11) is -4.26. The first-order chi connectivity index (χ1) is 17.5. The van der Waals surface area contributed by atoms with Crippen molar-refractivity contribution in [3.8, 4) is 5.75 Å². The van der Waals surface area contributed by atoms with Crippen LogP contribution in [0.25, 0.3) is 6.08 Å². The molecule has 37 heavy (non-hydrogen) atoms. The highest BCUT2D eigenvalue weighted by Gasteiger charge is 2.35. The Morgan fingerprint density at radius 2 is 1.81 bits per heavy atom. The van der Waals surface area contributed by atoms with Crippen molar-refractivity contribution in [3.63, 3.8) is 0 Å². The molecule has 1 aliphatic heterocycles. The van der Waals surface area contributed by atoms with Gasteiger partial charge in [-0.15, -0.1) is 0 Å². The minimum absolute atomic E-state index is 0.0522. The van der Waals surface area contributed by atoms with Crippen LogP contribution in [0.5, 0.6) is 5.75 Å². The van der Waals surface area contributed by atoms with E-state index in [2.05, 4.69) is 5.32 Å². The van der Waals surface area contributed by atoms with Crippen LogP contribution >= 0.6 is 23.4 Å². The molecule has 0 bridgehead atoms. The van der Waals surface area contributed by atoms with Gasteiger partial charge in [0.1, 0.15) is 16.5 Å². The number of nitrogens with one attached hydrogen (secondary N) is 1. The van der Waals surface area contributed by atoms with E-state index in [-0.39, 0.29) is 38.6 Å². The average Bonchev–Trinajstić information content (AvgIpc) is 3.09. The lowest BCUT2D eigenvalue weighted by Gasteiger charge is -2.13. The molecule has 4 rings (SSSR count). The summed E-state index contributed by atoms with van der Waals surface area (Å²) in [5.74, 6) is -1.51. The first-order valence-corrected chi connectivity index (χ1v) is 13.2. The van der Waals surface area contributed by atoms with E-state index in [9.17, 15) is 27.2 Å². The maximum atomic E-state index is 13.3. The van der Waals surface area contributed by atoms with Crippen LogP contribution in [0.4, 0.5) is 14.9 Å². The van der Waals surface area contributed by atoms with Crippen molar-refractivity contribution in [3.05, 3.63) is 93.6 Å². The lowest BCUT2D eigenvalue weighted by Crippen LogP contribution is -2.27. The van der Waals surface area contributed by atoms with Crippen LogP contribution in [-0.4, -0.2) is 30.4 Å². The lowest BCUT2D eigenvalue weighted by molar-refractivity contribution is -0.123. The van der Waals surface area contributed by atoms with Crippen molar-refractivity contribution in [2.75, 3.05) is 5.32 Å². The molecule has 190 valence electrons. The SMILES string of the molecule is CC(=O)Nc1ccc(S(=O)(=O)Oc2ccccc2/C=C2\SC(=O)N(Cc3ccc(F)cc3Cl)C2=O)cc1. The number of halogens is 2. The predicted molar refractivity (Wildman–Crippen MR) is 138 cm³/mol. The molecule has 3 amide bonds. The van der Waals surface area contributed by atoms with Crippen LogP contribution in [0, 0.1) is 5.82 Å². The first kappa shape index (κ1) is 26.4. The van der Waals surface area contributed by atoms with Gasteiger partial charge in [-0.25, -0.2) is 4.39 Å². The Balaban J connectivity index is 1.56. The molecule has 3 aromatic rings. The summed E-state index contributed by atoms with van der Waals surface area (Å²) in [5.41, 5.74) is 1.07. The Morgan fingerprint density at radius 1 is 1.11 bits per heavy atom. The van der Waals surface area contributed by atoms with Gasteiger partial charge < -0.3 is 9.50 Å². The average molecular weight is 561 g/mol. The molecule has 1 saturated heterocycles. The fourth-order valence-corrected chi connectivity index (χ4v) is 5.36. The van der Waals surface area contributed by atoms with Gasteiger partial charge in [0.15, 0.2) is 0 Å². The molecule has 0 radical (unpaired) electrons. The largest absolute Gasteiger partial charge is 0.378 e. The number of thioether (sulfide) groups is 1. The molecule has 0 atom stereocenters. The molecule has 8 nitrogen and oxygen atoms in total. The van der Waals surface area contributed by atoms with Crippen molar-refractivity contribution in [2.45, 2.75) is 18.4 Å². The van der Waals surface area contributed by atoms with Gasteiger partial charge >= 0.3 is 10.1 Å². The summed E-state index contributed by atoms with van der Waals surface area (Å²) in [6.07, 6.45) is 1.36. The fraction of sp³-hybridized carbons (Fsp3) is 0.0800. The van der Waals surface area contributed by atoms with Crippen LogP contribution in [0.3, 0.4) is 0 Å². The zero-order chi connectivity index (χ0) is 26.7. The van der Waals surface area contributed by atoms with E-state index in [1.807, 2.05) is 0 Å². The summed E-state index contributed by atoms with van der Waals surface area (Å²) in [6.45, 7) is 1.18. The molecule has 3 aromatic carbocycles. The van der Waals surface area contributed by atoms with E-state index in [0.717, 1.165) is 11.0 Å². The van der Waals surface area contributed by atoms with Crippen LogP contribution in [0.1, 0.15) is 18.1 Å². The lowest BCUT2D eigenvalue weighted by atomic mass is 10.1. The van der Waals surface area contributed by atoms with Gasteiger partial charge in [-0.1, -0.05) is 35.9 Å². The number of hydrogen-bond donors (Lipinski definition) is 1. The third kappa shape index (κ3) is 6.19. The Bertz CT molecular complexity index is 1540. The second-order valence-electron chi connectivity index (χ2n) is 7.78. The van der Waals surface area contributed by atoms with Crippen LogP contribution in [0.2, 0.25) is 5.02 Å². The normalized spacial score (nSPS) is 14.8. The molecule has 1 fully saturated rings. The smallest absolute Gasteiger partial charge is 0.339 e. The molecular weight excluding hydrogens is 543 g/mol. The molecule has 1 N–H and O–H groups in total. The van der Waals surface area contributed by atoms with E-state index in [1.165, 1.54) is 61.5 Å². The highest BCUT2D eigenvalue weighted by atomic mass is 35.5. The number of anilines is 1. The number of rotatable bonds is 7. The minimum atomic E-state index is -4.26. The third-order valence-corrected chi connectivity index (χ3v) is 7.59. The number of amides is 3. The quantitative estimate of drug-likeness (QED) is 0.302. The molecule has 1 aliphatic rings. The molecule has 0 spiro atoms. The van der Waals surface area contributed by atoms with Crippen LogP contribution < -0.4 is 9.50 Å². The van der Waals surface area contributed by atoms with Gasteiger partial charge in [-0.3, -0.25) is 19.3 Å². The number of imide groups is 1. The van der Waals surface area contributed by atoms with Crippen molar-refractivity contribution >= 4 is 62.3 Å². The van der Waals surface area contributed by atoms with Gasteiger partial charge in [-0.05, 0) is 65.9 Å². The highest BCUT2D eigenvalue weighted by Crippen LogP contribution is 2.36. The topological polar surface area (TPSA) is 110 Å². The van der Waals surface area contributed by atoms with Crippen LogP contribution in [0.15, 0.2) is 76.5 Å². The van der Waals surface area contributed by atoms with E-state index >= 15 is 0 Å². The Morgan fingerprint density at radius 3 is 2.49 bits per heavy atom. The predicted octanol–water partition coefficient (Wildman–Crippen LogP) is 5.44. The Labute approximate surface area is 221 Å². The molecule has 0 unspecified atom stereocenters. The monoisotopic (exact) mass is 560 g/mol. The Hall–Kier alpha value is -3.67. The van der Waals surface area contributed by atoms with E-state index in [1.54, 1.807) is 12.1 Å². The maximum Gasteiger partial charge on any atom is 0.339 e. The number of carbonyl (C=O) groups excluding carboxylic acids is 3. The molecule has 0 saturated carbocycles. The number of para-hydroxylation sites is 1. The highest BCUT2D eigenvalue weighted by molar-refractivity contribution is 8.18. The van der Waals surface area contributed by atoms with Crippen molar-refractivity contribution in [2.24, 2.45) is 0 Å². The summed E-state index contributed by atoms with van der Waals surface area (Å²) in [5, 5.41) is 2.07. The standard InChI is InChI=1S/C25H18ClFN2O6S2/c1-15(30)28-19-8-10-20(11-9-19)37(33,34)35-22-5-3-2-4-16(22)12-23-24(31)29(25(32)36-23)14-17-6-7-18(27)13-21(17)26/h2-13H,14H2,1H3,(H,28,30)/b23-12-. The molecule has 12 heteroatoms. The van der Waals surface area contributed by atoms with Crippen molar-refractivity contribution < 1.29 is 31.4 Å². The minimum Gasteiger partial charge on any atom is -0.378 e. The van der Waals surface area contributed by atoms with E-state index < -0.39 is 27.1 Å². The summed E-state index contributed by atoms with van der Waals surface area (Å²) >= 11 is 6.71. The number of carbonyl (C=O) groups is 3. The summed E-state index contributed by atoms with van der Waals surface area (Å²) in [6, 6.07) is 15.2.